The Morgan fingerprint density at radius 2 is 0.968 bits per heavy atom. The summed E-state index contributed by atoms with van der Waals surface area (Å²) < 4.78 is 2.59. The molecule has 0 saturated heterocycles. The van der Waals surface area contributed by atoms with E-state index in [0.29, 0.717) is 5.82 Å². The Bertz CT molecular complexity index is 3540. The number of benzene rings is 9. The van der Waals surface area contributed by atoms with Crippen molar-refractivity contribution in [2.75, 3.05) is 0 Å². The van der Waals surface area contributed by atoms with Crippen LogP contribution in [0.15, 0.2) is 206 Å². The molecule has 292 valence electrons. The van der Waals surface area contributed by atoms with Gasteiger partial charge in [-0.3, -0.25) is 0 Å². The molecule has 2 aromatic heterocycles. The van der Waals surface area contributed by atoms with E-state index in [9.17, 15) is 0 Å². The van der Waals surface area contributed by atoms with E-state index in [1.807, 2.05) is 17.4 Å². The zero-order valence-electron chi connectivity index (χ0n) is 34.4. The third-order valence-electron chi connectivity index (χ3n) is 12.9. The molecular weight excluding hydrogens is 769 g/mol. The largest absolute Gasteiger partial charge is 0.228 e. The van der Waals surface area contributed by atoms with Gasteiger partial charge in [0.1, 0.15) is 0 Å². The van der Waals surface area contributed by atoms with Gasteiger partial charge in [0, 0.05) is 42.3 Å². The van der Waals surface area contributed by atoms with Gasteiger partial charge in [0.15, 0.2) is 5.82 Å². The Morgan fingerprint density at radius 3 is 1.79 bits per heavy atom. The summed E-state index contributed by atoms with van der Waals surface area (Å²) in [4.78, 5) is 10.7. The van der Waals surface area contributed by atoms with Crippen LogP contribution < -0.4 is 0 Å². The van der Waals surface area contributed by atoms with Crippen molar-refractivity contribution in [1.29, 1.82) is 0 Å². The van der Waals surface area contributed by atoms with Gasteiger partial charge in [-0.25, -0.2) is 9.97 Å². The maximum atomic E-state index is 5.37. The van der Waals surface area contributed by atoms with Crippen LogP contribution in [0.25, 0.3) is 109 Å². The number of hydrogen-bond donors (Lipinski definition) is 0. The molecule has 0 fully saturated rings. The molecule has 12 rings (SSSR count). The predicted octanol–water partition coefficient (Wildman–Crippen LogP) is 16.3. The summed E-state index contributed by atoms with van der Waals surface area (Å²) in [5, 5.41) is 5.14. The van der Waals surface area contributed by atoms with Crippen molar-refractivity contribution in [3.63, 3.8) is 0 Å². The first-order valence-corrected chi connectivity index (χ1v) is 22.1. The van der Waals surface area contributed by atoms with Crippen LogP contribution in [0.5, 0.6) is 0 Å². The highest BCUT2D eigenvalue weighted by Gasteiger charge is 2.36. The number of rotatable bonds is 6. The van der Waals surface area contributed by atoms with Gasteiger partial charge >= 0.3 is 0 Å². The van der Waals surface area contributed by atoms with Gasteiger partial charge in [-0.2, -0.15) is 0 Å². The summed E-state index contributed by atoms with van der Waals surface area (Å²) >= 11 is 1.86. The molecule has 0 N–H and O–H groups in total. The molecule has 62 heavy (non-hydrogen) atoms. The smallest absolute Gasteiger partial charge is 0.160 e. The van der Waals surface area contributed by atoms with Crippen molar-refractivity contribution in [1.82, 2.24) is 9.97 Å². The van der Waals surface area contributed by atoms with E-state index in [4.69, 9.17) is 9.97 Å². The highest BCUT2D eigenvalue weighted by Crippen LogP contribution is 2.51. The van der Waals surface area contributed by atoms with Crippen LogP contribution in [-0.2, 0) is 5.41 Å². The van der Waals surface area contributed by atoms with Crippen molar-refractivity contribution >= 4 is 42.3 Å². The molecule has 0 atom stereocenters. The van der Waals surface area contributed by atoms with E-state index in [-0.39, 0.29) is 5.41 Å². The lowest BCUT2D eigenvalue weighted by Gasteiger charge is -2.22. The minimum Gasteiger partial charge on any atom is -0.228 e. The van der Waals surface area contributed by atoms with Crippen LogP contribution in [0.4, 0.5) is 0 Å². The van der Waals surface area contributed by atoms with E-state index in [1.54, 1.807) is 0 Å². The molecule has 1 aliphatic rings. The normalized spacial score (nSPS) is 12.8. The molecule has 0 amide bonds. The minimum absolute atomic E-state index is 0.149. The molecule has 0 aliphatic heterocycles. The second-order valence-electron chi connectivity index (χ2n) is 16.9. The quantitative estimate of drug-likeness (QED) is 0.167. The average Bonchev–Trinajstić information content (AvgIpc) is 3.82. The maximum Gasteiger partial charge on any atom is 0.160 e. The van der Waals surface area contributed by atoms with Crippen molar-refractivity contribution in [3.8, 4) is 78.4 Å². The summed E-state index contributed by atoms with van der Waals surface area (Å²) in [6.45, 7) is 4.73. The van der Waals surface area contributed by atoms with Crippen LogP contribution in [0.2, 0.25) is 0 Å². The summed E-state index contributed by atoms with van der Waals surface area (Å²) in [6.07, 6.45) is 0. The molecule has 2 nitrogen and oxygen atoms in total. The van der Waals surface area contributed by atoms with Gasteiger partial charge in [-0.15, -0.1) is 11.3 Å². The number of thiophene rings is 1. The fourth-order valence-electron chi connectivity index (χ4n) is 9.70. The van der Waals surface area contributed by atoms with E-state index in [0.717, 1.165) is 50.3 Å². The fourth-order valence-corrected chi connectivity index (χ4v) is 10.9. The third kappa shape index (κ3) is 6.00. The zero-order valence-corrected chi connectivity index (χ0v) is 35.2. The Kier molecular flexibility index (Phi) is 8.41. The third-order valence-corrected chi connectivity index (χ3v) is 14.1. The van der Waals surface area contributed by atoms with E-state index < -0.39 is 0 Å². The number of fused-ring (bicyclic) bond motifs is 7. The summed E-state index contributed by atoms with van der Waals surface area (Å²) in [7, 11) is 0. The van der Waals surface area contributed by atoms with Gasteiger partial charge in [0.05, 0.1) is 11.4 Å². The van der Waals surface area contributed by atoms with E-state index in [2.05, 4.69) is 214 Å². The first-order chi connectivity index (χ1) is 30.5. The van der Waals surface area contributed by atoms with Gasteiger partial charge < -0.3 is 0 Å². The lowest BCUT2D eigenvalue weighted by molar-refractivity contribution is 0.661. The second-order valence-corrected chi connectivity index (χ2v) is 18.0. The molecular formula is C59H40N2S. The van der Waals surface area contributed by atoms with Crippen molar-refractivity contribution in [2.45, 2.75) is 19.3 Å². The first kappa shape index (κ1) is 36.4. The second kappa shape index (κ2) is 14.3. The van der Waals surface area contributed by atoms with Crippen LogP contribution >= 0.6 is 11.3 Å². The number of hydrogen-bond acceptors (Lipinski definition) is 3. The van der Waals surface area contributed by atoms with Crippen molar-refractivity contribution in [2.24, 2.45) is 0 Å². The van der Waals surface area contributed by atoms with Crippen LogP contribution in [-0.4, -0.2) is 9.97 Å². The molecule has 1 aliphatic carbocycles. The lowest BCUT2D eigenvalue weighted by atomic mass is 9.81. The molecule has 0 unspecified atom stereocenters. The molecule has 11 aromatic rings. The van der Waals surface area contributed by atoms with Gasteiger partial charge in [0.25, 0.3) is 0 Å². The first-order valence-electron chi connectivity index (χ1n) is 21.3. The summed E-state index contributed by atoms with van der Waals surface area (Å²) in [6, 6.07) is 74.9. The summed E-state index contributed by atoms with van der Waals surface area (Å²) in [5.41, 5.74) is 17.1. The number of aromatic nitrogens is 2. The predicted molar refractivity (Wildman–Crippen MR) is 263 cm³/mol. The van der Waals surface area contributed by atoms with Crippen molar-refractivity contribution < 1.29 is 0 Å². The monoisotopic (exact) mass is 808 g/mol. The summed E-state index contributed by atoms with van der Waals surface area (Å²) in [5.74, 6) is 0.698. The topological polar surface area (TPSA) is 25.8 Å². The zero-order chi connectivity index (χ0) is 41.4. The highest BCUT2D eigenvalue weighted by molar-refractivity contribution is 7.26. The molecule has 0 radical (unpaired) electrons. The standard InChI is InChI=1S/C59H40N2S/c1-59(2)52-35-41(28-29-47(52)51-33-39-20-9-10-21-40(39)34-53(51)59)45-22-11-12-23-48(45)55-36-54(60-58(61-55)38-18-7-4-8-19-38)44-31-42(37-16-5-3-6-17-37)30-43(32-44)46-25-15-26-50-49-24-13-14-27-56(49)62-57(46)50/h3-36H,1-2H3. The molecule has 0 spiro atoms. The van der Waals surface area contributed by atoms with E-state index in [1.165, 1.54) is 64.3 Å². The average molecular weight is 809 g/mol. The molecule has 9 aromatic carbocycles. The SMILES string of the molecule is CC1(C)c2cc(-c3ccccc3-c3cc(-c4cc(-c5ccccc5)cc(-c5cccc6c5sc5ccccc56)c4)nc(-c4ccccc4)n3)ccc2-c2cc3ccccc3cc21. The Hall–Kier alpha value is -7.46. The molecule has 0 bridgehead atoms. The highest BCUT2D eigenvalue weighted by atomic mass is 32.1. The molecule has 2 heterocycles. The van der Waals surface area contributed by atoms with E-state index >= 15 is 0 Å². The Balaban J connectivity index is 1.04. The Labute approximate surface area is 365 Å². The molecule has 3 heteroatoms. The number of nitrogens with zero attached hydrogens (tertiary/aromatic N) is 2. The fraction of sp³-hybridized carbons (Fsp3) is 0.0508. The van der Waals surface area contributed by atoms with Crippen molar-refractivity contribution in [3.05, 3.63) is 217 Å². The van der Waals surface area contributed by atoms with Crippen LogP contribution in [0.3, 0.4) is 0 Å². The van der Waals surface area contributed by atoms with Gasteiger partial charge in [0.2, 0.25) is 0 Å². The molecule has 0 saturated carbocycles. The Morgan fingerprint density at radius 1 is 0.355 bits per heavy atom. The minimum atomic E-state index is -0.149. The van der Waals surface area contributed by atoms with Crippen LogP contribution in [0, 0.1) is 0 Å². The van der Waals surface area contributed by atoms with Gasteiger partial charge in [-0.1, -0.05) is 172 Å². The van der Waals surface area contributed by atoms with Crippen LogP contribution in [0.1, 0.15) is 25.0 Å². The maximum absolute atomic E-state index is 5.37. The van der Waals surface area contributed by atoms with Gasteiger partial charge in [-0.05, 0) is 115 Å². The lowest BCUT2D eigenvalue weighted by Crippen LogP contribution is -2.15.